The average molecular weight is 320 g/mol. The molecule has 1 saturated heterocycles. The number of carbonyl (C=O) groups is 2. The van der Waals surface area contributed by atoms with Crippen molar-refractivity contribution < 1.29 is 19.4 Å². The number of rotatable bonds is 3. The highest BCUT2D eigenvalue weighted by atomic mass is 35.5. The minimum Gasteiger partial charge on any atom is -0.480 e. The van der Waals surface area contributed by atoms with Crippen molar-refractivity contribution in [3.63, 3.8) is 0 Å². The second kappa shape index (κ2) is 5.90. The molecule has 1 aromatic heterocycles. The van der Waals surface area contributed by atoms with Crippen molar-refractivity contribution in [1.82, 2.24) is 15.5 Å². The molecule has 9 heteroatoms. The maximum Gasteiger partial charge on any atom is 0.329 e. The molecule has 108 valence electrons. The van der Waals surface area contributed by atoms with Crippen LogP contribution in [0.1, 0.15) is 23.2 Å². The van der Waals surface area contributed by atoms with E-state index in [4.69, 9.17) is 27.9 Å². The van der Waals surface area contributed by atoms with Crippen LogP contribution in [0.2, 0.25) is 10.3 Å². The van der Waals surface area contributed by atoms with Gasteiger partial charge >= 0.3 is 5.97 Å². The van der Waals surface area contributed by atoms with Crippen LogP contribution in [0.15, 0.2) is 6.07 Å². The number of hydrogen-bond donors (Lipinski definition) is 2. The first kappa shape index (κ1) is 15.0. The fourth-order valence-electron chi connectivity index (χ4n) is 1.91. The number of ether oxygens (including phenoxy) is 1. The number of aliphatic carboxylic acids is 1. The maximum atomic E-state index is 12.2. The van der Waals surface area contributed by atoms with Gasteiger partial charge in [0.15, 0.2) is 10.3 Å². The van der Waals surface area contributed by atoms with Gasteiger partial charge in [-0.05, 0) is 6.07 Å². The van der Waals surface area contributed by atoms with Gasteiger partial charge in [-0.15, -0.1) is 10.2 Å². The van der Waals surface area contributed by atoms with Crippen LogP contribution in [0.25, 0.3) is 0 Å². The van der Waals surface area contributed by atoms with Gasteiger partial charge in [0.2, 0.25) is 0 Å². The van der Waals surface area contributed by atoms with Crippen molar-refractivity contribution in [2.75, 3.05) is 13.2 Å². The summed E-state index contributed by atoms with van der Waals surface area (Å²) in [5, 5.41) is 18.7. The Morgan fingerprint density at radius 2 is 1.95 bits per heavy atom. The van der Waals surface area contributed by atoms with Crippen molar-refractivity contribution in [1.29, 1.82) is 0 Å². The third-order valence-corrected chi connectivity index (χ3v) is 3.54. The number of nitrogens with one attached hydrogen (secondary N) is 1. The zero-order chi connectivity index (χ0) is 14.8. The molecule has 7 nitrogen and oxygen atoms in total. The summed E-state index contributed by atoms with van der Waals surface area (Å²) in [6.07, 6.45) is 0.357. The molecule has 0 bridgehead atoms. The van der Waals surface area contributed by atoms with Crippen LogP contribution in [0.4, 0.5) is 0 Å². The summed E-state index contributed by atoms with van der Waals surface area (Å²) in [7, 11) is 0. The van der Waals surface area contributed by atoms with Crippen LogP contribution in [0.3, 0.4) is 0 Å². The van der Waals surface area contributed by atoms with E-state index < -0.39 is 17.4 Å². The Morgan fingerprint density at radius 1 is 1.30 bits per heavy atom. The normalized spacial score (nSPS) is 17.5. The van der Waals surface area contributed by atoms with Gasteiger partial charge in [0.25, 0.3) is 5.91 Å². The Morgan fingerprint density at radius 3 is 2.55 bits per heavy atom. The van der Waals surface area contributed by atoms with Crippen molar-refractivity contribution in [2.24, 2.45) is 0 Å². The van der Waals surface area contributed by atoms with E-state index in [9.17, 15) is 14.7 Å². The Labute approximate surface area is 124 Å². The van der Waals surface area contributed by atoms with Gasteiger partial charge in [-0.1, -0.05) is 23.2 Å². The van der Waals surface area contributed by atoms with Crippen molar-refractivity contribution in [3.8, 4) is 0 Å². The Bertz CT molecular complexity index is 546. The summed E-state index contributed by atoms with van der Waals surface area (Å²) in [6, 6.07) is 1.24. The van der Waals surface area contributed by atoms with Crippen molar-refractivity contribution in [2.45, 2.75) is 18.4 Å². The van der Waals surface area contributed by atoms with Gasteiger partial charge in [-0.3, -0.25) is 4.79 Å². The summed E-state index contributed by atoms with van der Waals surface area (Å²) in [6.45, 7) is 0.519. The summed E-state index contributed by atoms with van der Waals surface area (Å²) >= 11 is 11.4. The number of halogens is 2. The van der Waals surface area contributed by atoms with Gasteiger partial charge in [0.05, 0.1) is 5.56 Å². The van der Waals surface area contributed by atoms with E-state index in [1.165, 1.54) is 6.07 Å². The van der Waals surface area contributed by atoms with Crippen LogP contribution < -0.4 is 5.32 Å². The summed E-state index contributed by atoms with van der Waals surface area (Å²) in [5.41, 5.74) is -1.38. The molecule has 1 fully saturated rings. The SMILES string of the molecule is O=C(NC1(C(=O)O)CCOCC1)c1cc(Cl)nnc1Cl. The molecule has 2 N–H and O–H groups in total. The van der Waals surface area contributed by atoms with Crippen LogP contribution in [-0.2, 0) is 9.53 Å². The number of amides is 1. The second-order valence-electron chi connectivity index (χ2n) is 4.33. The largest absolute Gasteiger partial charge is 0.480 e. The predicted molar refractivity (Wildman–Crippen MR) is 69.9 cm³/mol. The van der Waals surface area contributed by atoms with Crippen molar-refractivity contribution >= 4 is 35.1 Å². The third-order valence-electron chi connectivity index (χ3n) is 3.07. The standard InChI is InChI=1S/C11H11Cl2N3O4/c12-7-5-6(8(13)16-15-7)9(17)14-11(10(18)19)1-3-20-4-2-11/h5H,1-4H2,(H,14,17)(H,18,19). The highest BCUT2D eigenvalue weighted by Gasteiger charge is 2.42. The number of aromatic nitrogens is 2. The minimum absolute atomic E-state index is 0.00379. The summed E-state index contributed by atoms with van der Waals surface area (Å²) in [4.78, 5) is 23.6. The lowest BCUT2D eigenvalue weighted by molar-refractivity contribution is -0.148. The highest BCUT2D eigenvalue weighted by molar-refractivity contribution is 6.34. The lowest BCUT2D eigenvalue weighted by atomic mass is 9.90. The molecular formula is C11H11Cl2N3O4. The number of nitrogens with zero attached hydrogens (tertiary/aromatic N) is 2. The molecule has 0 saturated carbocycles. The highest BCUT2D eigenvalue weighted by Crippen LogP contribution is 2.23. The molecule has 0 atom stereocenters. The molecule has 0 unspecified atom stereocenters. The second-order valence-corrected chi connectivity index (χ2v) is 5.07. The smallest absolute Gasteiger partial charge is 0.329 e. The molecule has 0 aromatic carbocycles. The number of carboxylic acids is 1. The van der Waals surface area contributed by atoms with E-state index in [-0.39, 0.29) is 41.9 Å². The molecule has 2 rings (SSSR count). The first-order valence-electron chi connectivity index (χ1n) is 5.77. The fraction of sp³-hybridized carbons (Fsp3) is 0.455. The maximum absolute atomic E-state index is 12.2. The zero-order valence-corrected chi connectivity index (χ0v) is 11.7. The Kier molecular flexibility index (Phi) is 4.42. The van der Waals surface area contributed by atoms with Gasteiger partial charge < -0.3 is 15.2 Å². The first-order chi connectivity index (χ1) is 9.44. The van der Waals surface area contributed by atoms with E-state index in [1.807, 2.05) is 0 Å². The van der Waals surface area contributed by atoms with Crippen LogP contribution in [0.5, 0.6) is 0 Å². The van der Waals surface area contributed by atoms with E-state index in [0.29, 0.717) is 0 Å². The molecule has 0 aliphatic carbocycles. The monoisotopic (exact) mass is 319 g/mol. The fourth-order valence-corrected chi connectivity index (χ4v) is 2.23. The molecule has 1 aromatic rings. The van der Waals surface area contributed by atoms with Crippen LogP contribution in [-0.4, -0.2) is 45.9 Å². The van der Waals surface area contributed by atoms with Gasteiger partial charge in [-0.2, -0.15) is 0 Å². The Balaban J connectivity index is 2.24. The Hall–Kier alpha value is -1.44. The van der Waals surface area contributed by atoms with E-state index in [1.54, 1.807) is 0 Å². The average Bonchev–Trinajstić information content (AvgIpc) is 2.42. The molecule has 0 radical (unpaired) electrons. The minimum atomic E-state index is -1.37. The number of hydrogen-bond acceptors (Lipinski definition) is 5. The van der Waals surface area contributed by atoms with Crippen LogP contribution in [0, 0.1) is 0 Å². The molecule has 1 aliphatic heterocycles. The molecule has 2 heterocycles. The quantitative estimate of drug-likeness (QED) is 0.866. The molecular weight excluding hydrogens is 309 g/mol. The van der Waals surface area contributed by atoms with Gasteiger partial charge in [0.1, 0.15) is 5.54 Å². The molecule has 1 aliphatic rings. The van der Waals surface area contributed by atoms with Crippen molar-refractivity contribution in [3.05, 3.63) is 21.9 Å². The zero-order valence-electron chi connectivity index (χ0n) is 10.2. The lowest BCUT2D eigenvalue weighted by Gasteiger charge is -2.33. The summed E-state index contributed by atoms with van der Waals surface area (Å²) in [5.74, 6) is -1.77. The van der Waals surface area contributed by atoms with Crippen LogP contribution >= 0.6 is 23.2 Å². The van der Waals surface area contributed by atoms with Gasteiger partial charge in [-0.25, -0.2) is 4.79 Å². The van der Waals surface area contributed by atoms with E-state index >= 15 is 0 Å². The van der Waals surface area contributed by atoms with E-state index in [0.717, 1.165) is 0 Å². The lowest BCUT2D eigenvalue weighted by Crippen LogP contribution is -2.57. The molecule has 20 heavy (non-hydrogen) atoms. The summed E-state index contributed by atoms with van der Waals surface area (Å²) < 4.78 is 5.12. The topological polar surface area (TPSA) is 101 Å². The number of carboxylic acid groups (broad SMARTS) is 1. The van der Waals surface area contributed by atoms with Gasteiger partial charge in [0, 0.05) is 26.1 Å². The third kappa shape index (κ3) is 3.00. The van der Waals surface area contributed by atoms with E-state index in [2.05, 4.69) is 15.5 Å². The molecule has 1 amide bonds. The molecule has 0 spiro atoms. The predicted octanol–water partition coefficient (Wildman–Crippen LogP) is 1.15. The number of carbonyl (C=O) groups excluding carboxylic acids is 1. The first-order valence-corrected chi connectivity index (χ1v) is 6.52.